The monoisotopic (exact) mass is 262 g/mol. The van der Waals surface area contributed by atoms with Crippen molar-refractivity contribution < 1.29 is 4.52 Å². The van der Waals surface area contributed by atoms with Gasteiger partial charge in [0.1, 0.15) is 0 Å². The van der Waals surface area contributed by atoms with Gasteiger partial charge < -0.3 is 9.84 Å². The Morgan fingerprint density at radius 2 is 2.21 bits per heavy atom. The molecule has 1 aromatic rings. The summed E-state index contributed by atoms with van der Waals surface area (Å²) in [6.07, 6.45) is 2.45. The summed E-state index contributed by atoms with van der Waals surface area (Å²) in [7, 11) is 0. The summed E-state index contributed by atoms with van der Waals surface area (Å²) in [5.74, 6) is 3.82. The Kier molecular flexibility index (Phi) is 2.51. The fourth-order valence-electron chi connectivity index (χ4n) is 3.78. The van der Waals surface area contributed by atoms with Crippen LogP contribution in [0.25, 0.3) is 0 Å². The predicted octanol–water partition coefficient (Wildman–Crippen LogP) is 1.38. The second-order valence-electron chi connectivity index (χ2n) is 6.88. The first-order chi connectivity index (χ1) is 9.14. The van der Waals surface area contributed by atoms with Gasteiger partial charge in [0.15, 0.2) is 5.82 Å². The van der Waals surface area contributed by atoms with Gasteiger partial charge >= 0.3 is 0 Å². The van der Waals surface area contributed by atoms with E-state index in [0.717, 1.165) is 49.7 Å². The van der Waals surface area contributed by atoms with Crippen LogP contribution < -0.4 is 5.32 Å². The molecule has 104 valence electrons. The molecular formula is C14H22N4O. The number of rotatable bonds is 3. The summed E-state index contributed by atoms with van der Waals surface area (Å²) in [5, 5.41) is 7.63. The molecule has 5 nitrogen and oxygen atoms in total. The van der Waals surface area contributed by atoms with Gasteiger partial charge in [-0.2, -0.15) is 4.98 Å². The van der Waals surface area contributed by atoms with Crippen LogP contribution >= 0.6 is 0 Å². The summed E-state index contributed by atoms with van der Waals surface area (Å²) in [5.41, 5.74) is 0.225. The summed E-state index contributed by atoms with van der Waals surface area (Å²) in [6, 6.07) is 0. The van der Waals surface area contributed by atoms with E-state index in [1.807, 2.05) is 0 Å². The predicted molar refractivity (Wildman–Crippen MR) is 70.6 cm³/mol. The molecule has 3 heterocycles. The van der Waals surface area contributed by atoms with Gasteiger partial charge in [-0.3, -0.25) is 4.90 Å². The Balaban J connectivity index is 1.49. The number of aromatic nitrogens is 2. The third kappa shape index (κ3) is 1.91. The van der Waals surface area contributed by atoms with E-state index >= 15 is 0 Å². The van der Waals surface area contributed by atoms with Crippen molar-refractivity contribution in [3.05, 3.63) is 11.7 Å². The van der Waals surface area contributed by atoms with Crippen LogP contribution in [-0.2, 0) is 6.54 Å². The minimum absolute atomic E-state index is 0.225. The highest BCUT2D eigenvalue weighted by Gasteiger charge is 2.49. The Morgan fingerprint density at radius 1 is 1.37 bits per heavy atom. The molecule has 3 fully saturated rings. The number of nitrogens with zero attached hydrogens (tertiary/aromatic N) is 3. The second kappa shape index (κ2) is 4.03. The van der Waals surface area contributed by atoms with E-state index in [9.17, 15) is 0 Å². The lowest BCUT2D eigenvalue weighted by atomic mass is 9.85. The zero-order valence-electron chi connectivity index (χ0n) is 11.7. The smallest absolute Gasteiger partial charge is 0.240 e. The zero-order valence-corrected chi connectivity index (χ0v) is 11.7. The maximum absolute atomic E-state index is 5.42. The van der Waals surface area contributed by atoms with Gasteiger partial charge in [-0.05, 0) is 45.1 Å². The van der Waals surface area contributed by atoms with Crippen LogP contribution in [-0.4, -0.2) is 40.2 Å². The molecule has 2 saturated heterocycles. The minimum Gasteiger partial charge on any atom is -0.338 e. The Hall–Kier alpha value is -0.940. The molecule has 1 aromatic heterocycles. The minimum atomic E-state index is 0.225. The Labute approximate surface area is 113 Å². The van der Waals surface area contributed by atoms with Crippen LogP contribution in [0.5, 0.6) is 0 Å². The largest absolute Gasteiger partial charge is 0.338 e. The summed E-state index contributed by atoms with van der Waals surface area (Å²) >= 11 is 0. The second-order valence-corrected chi connectivity index (χ2v) is 6.88. The van der Waals surface area contributed by atoms with Crippen molar-refractivity contribution in [3.63, 3.8) is 0 Å². The lowest BCUT2D eigenvalue weighted by Gasteiger charge is -2.34. The van der Waals surface area contributed by atoms with Crippen LogP contribution in [0, 0.1) is 11.8 Å². The highest BCUT2D eigenvalue weighted by Crippen LogP contribution is 2.42. The normalized spacial score (nSPS) is 33.8. The molecule has 19 heavy (non-hydrogen) atoms. The molecule has 0 spiro atoms. The average Bonchev–Trinajstić information content (AvgIpc) is 2.85. The van der Waals surface area contributed by atoms with E-state index in [-0.39, 0.29) is 5.54 Å². The molecule has 0 amide bonds. The third-order valence-electron chi connectivity index (χ3n) is 5.27. The molecule has 5 heteroatoms. The molecule has 1 N–H and O–H groups in total. The van der Waals surface area contributed by atoms with Gasteiger partial charge in [-0.1, -0.05) is 5.16 Å². The first-order valence-corrected chi connectivity index (χ1v) is 7.43. The van der Waals surface area contributed by atoms with Gasteiger partial charge in [0, 0.05) is 24.5 Å². The van der Waals surface area contributed by atoms with Gasteiger partial charge in [-0.25, -0.2) is 0 Å². The number of hydrogen-bond donors (Lipinski definition) is 1. The van der Waals surface area contributed by atoms with Gasteiger partial charge in [0.2, 0.25) is 5.89 Å². The maximum Gasteiger partial charge on any atom is 0.240 e. The molecule has 4 rings (SSSR count). The molecule has 1 saturated carbocycles. The van der Waals surface area contributed by atoms with Crippen molar-refractivity contribution in [1.82, 2.24) is 20.4 Å². The molecule has 0 aromatic carbocycles. The van der Waals surface area contributed by atoms with Crippen LogP contribution in [0.15, 0.2) is 4.52 Å². The van der Waals surface area contributed by atoms with E-state index in [2.05, 4.69) is 34.2 Å². The molecule has 3 aliphatic rings. The van der Waals surface area contributed by atoms with E-state index in [4.69, 9.17) is 4.52 Å². The van der Waals surface area contributed by atoms with E-state index in [1.165, 1.54) is 12.8 Å². The van der Waals surface area contributed by atoms with Crippen molar-refractivity contribution in [3.8, 4) is 0 Å². The zero-order chi connectivity index (χ0) is 13.0. The topological polar surface area (TPSA) is 54.2 Å². The van der Waals surface area contributed by atoms with Crippen LogP contribution in [0.1, 0.15) is 44.3 Å². The van der Waals surface area contributed by atoms with Crippen molar-refractivity contribution in [2.75, 3.05) is 19.6 Å². The molecule has 0 bridgehead atoms. The fourth-order valence-corrected chi connectivity index (χ4v) is 3.78. The van der Waals surface area contributed by atoms with Crippen molar-refractivity contribution >= 4 is 0 Å². The SMILES string of the molecule is CC1(C)C2CNCC2CN1Cc1nc(C2CC2)no1. The number of nitrogens with one attached hydrogen (secondary N) is 1. The van der Waals surface area contributed by atoms with Crippen LogP contribution in [0.2, 0.25) is 0 Å². The van der Waals surface area contributed by atoms with E-state index < -0.39 is 0 Å². The molecule has 2 aliphatic heterocycles. The van der Waals surface area contributed by atoms with Crippen LogP contribution in [0.4, 0.5) is 0 Å². The van der Waals surface area contributed by atoms with Crippen molar-refractivity contribution in [2.45, 2.75) is 44.7 Å². The summed E-state index contributed by atoms with van der Waals surface area (Å²) < 4.78 is 5.42. The van der Waals surface area contributed by atoms with Gasteiger partial charge in [0.05, 0.1) is 6.54 Å². The molecular weight excluding hydrogens is 240 g/mol. The number of likely N-dealkylation sites (tertiary alicyclic amines) is 1. The maximum atomic E-state index is 5.42. The van der Waals surface area contributed by atoms with E-state index in [1.54, 1.807) is 0 Å². The average molecular weight is 262 g/mol. The highest BCUT2D eigenvalue weighted by molar-refractivity contribution is 5.07. The molecule has 1 aliphatic carbocycles. The van der Waals surface area contributed by atoms with Crippen molar-refractivity contribution in [1.29, 1.82) is 0 Å². The molecule has 2 atom stereocenters. The standard InChI is InChI=1S/C14H22N4O/c1-14(2)11-6-15-5-10(11)7-18(14)8-12-16-13(17-19-12)9-3-4-9/h9-11,15H,3-8H2,1-2H3. The van der Waals surface area contributed by atoms with Gasteiger partial charge in [-0.15, -0.1) is 0 Å². The van der Waals surface area contributed by atoms with Crippen LogP contribution in [0.3, 0.4) is 0 Å². The van der Waals surface area contributed by atoms with E-state index in [0.29, 0.717) is 5.92 Å². The lowest BCUT2D eigenvalue weighted by molar-refractivity contribution is 0.117. The first-order valence-electron chi connectivity index (χ1n) is 7.43. The summed E-state index contributed by atoms with van der Waals surface area (Å²) in [4.78, 5) is 7.08. The first kappa shape index (κ1) is 11.9. The van der Waals surface area contributed by atoms with Crippen molar-refractivity contribution in [2.24, 2.45) is 11.8 Å². The Morgan fingerprint density at radius 3 is 2.95 bits per heavy atom. The fraction of sp³-hybridized carbons (Fsp3) is 0.857. The molecule has 2 unspecified atom stereocenters. The number of fused-ring (bicyclic) bond motifs is 1. The molecule has 0 radical (unpaired) electrons. The van der Waals surface area contributed by atoms with Gasteiger partial charge in [0.25, 0.3) is 0 Å². The quantitative estimate of drug-likeness (QED) is 0.892. The Bertz CT molecular complexity index is 480. The lowest BCUT2D eigenvalue weighted by Crippen LogP contribution is -2.43. The highest BCUT2D eigenvalue weighted by atomic mass is 16.5. The third-order valence-corrected chi connectivity index (χ3v) is 5.27. The summed E-state index contributed by atoms with van der Waals surface area (Å²) in [6.45, 7) is 8.95. The number of hydrogen-bond acceptors (Lipinski definition) is 5.